The van der Waals surface area contributed by atoms with Crippen molar-refractivity contribution in [1.29, 1.82) is 0 Å². The van der Waals surface area contributed by atoms with Crippen molar-refractivity contribution in [1.82, 2.24) is 0 Å². The van der Waals surface area contributed by atoms with Gasteiger partial charge in [-0.1, -0.05) is 45.7 Å². The SMILES string of the molecule is Nc1cc(Cl)ccc1/C=C(\C(=O)O)c1ccc(Br)cc1. The summed E-state index contributed by atoms with van der Waals surface area (Å²) in [7, 11) is 0. The lowest BCUT2D eigenvalue weighted by Crippen LogP contribution is -2.00. The second-order valence-electron chi connectivity index (χ2n) is 4.14. The average Bonchev–Trinajstić information content (AvgIpc) is 2.39. The zero-order chi connectivity index (χ0) is 14.7. The summed E-state index contributed by atoms with van der Waals surface area (Å²) in [6.45, 7) is 0. The Morgan fingerprint density at radius 3 is 2.40 bits per heavy atom. The number of carbonyl (C=O) groups is 1. The number of benzene rings is 2. The number of nitrogens with two attached hydrogens (primary N) is 1. The molecule has 2 rings (SSSR count). The fourth-order valence-electron chi connectivity index (χ4n) is 1.73. The summed E-state index contributed by atoms with van der Waals surface area (Å²) in [5.74, 6) is -1.01. The van der Waals surface area contributed by atoms with Gasteiger partial charge in [0.05, 0.1) is 5.57 Å². The molecule has 20 heavy (non-hydrogen) atoms. The van der Waals surface area contributed by atoms with Crippen LogP contribution in [0.15, 0.2) is 46.9 Å². The Morgan fingerprint density at radius 1 is 1.20 bits per heavy atom. The Hall–Kier alpha value is -1.78. The van der Waals surface area contributed by atoms with E-state index >= 15 is 0 Å². The second kappa shape index (κ2) is 6.11. The minimum absolute atomic E-state index is 0.173. The fraction of sp³-hybridized carbons (Fsp3) is 0. The van der Waals surface area contributed by atoms with Crippen molar-refractivity contribution >= 4 is 50.8 Å². The van der Waals surface area contributed by atoms with Crippen LogP contribution < -0.4 is 5.73 Å². The highest BCUT2D eigenvalue weighted by Gasteiger charge is 2.11. The van der Waals surface area contributed by atoms with Gasteiger partial charge in [-0.15, -0.1) is 0 Å². The first-order chi connectivity index (χ1) is 9.47. The number of hydrogen-bond donors (Lipinski definition) is 2. The van der Waals surface area contributed by atoms with Crippen LogP contribution in [0.4, 0.5) is 5.69 Å². The molecule has 0 radical (unpaired) electrons. The zero-order valence-electron chi connectivity index (χ0n) is 10.3. The molecular weight excluding hydrogens is 342 g/mol. The molecule has 2 aromatic rings. The van der Waals surface area contributed by atoms with Gasteiger partial charge in [0.1, 0.15) is 0 Å². The third-order valence-electron chi connectivity index (χ3n) is 2.73. The number of aliphatic carboxylic acids is 1. The largest absolute Gasteiger partial charge is 0.478 e. The van der Waals surface area contributed by atoms with E-state index in [9.17, 15) is 9.90 Å². The number of nitrogen functional groups attached to an aromatic ring is 1. The first-order valence-corrected chi connectivity index (χ1v) is 6.90. The molecule has 3 nitrogen and oxygen atoms in total. The standard InChI is InChI=1S/C15H11BrClNO2/c16-11-4-1-9(2-5-11)13(15(19)20)7-10-3-6-12(17)8-14(10)18/h1-8H,18H2,(H,19,20)/b13-7-. The maximum absolute atomic E-state index is 11.4. The van der Waals surface area contributed by atoms with Gasteiger partial charge in [0.25, 0.3) is 0 Å². The van der Waals surface area contributed by atoms with Crippen LogP contribution in [0.3, 0.4) is 0 Å². The van der Waals surface area contributed by atoms with Gasteiger partial charge in [-0.25, -0.2) is 4.79 Å². The summed E-state index contributed by atoms with van der Waals surface area (Å²) < 4.78 is 0.886. The van der Waals surface area contributed by atoms with Gasteiger partial charge in [-0.2, -0.15) is 0 Å². The van der Waals surface area contributed by atoms with Crippen molar-refractivity contribution in [2.45, 2.75) is 0 Å². The zero-order valence-corrected chi connectivity index (χ0v) is 12.6. The van der Waals surface area contributed by atoms with E-state index in [1.807, 2.05) is 0 Å². The quantitative estimate of drug-likeness (QED) is 0.491. The summed E-state index contributed by atoms with van der Waals surface area (Å²) >= 11 is 9.14. The Labute approximate surface area is 129 Å². The van der Waals surface area contributed by atoms with Gasteiger partial charge in [0.2, 0.25) is 0 Å². The van der Waals surface area contributed by atoms with Crippen molar-refractivity contribution in [2.75, 3.05) is 5.73 Å². The molecular formula is C15H11BrClNO2. The van der Waals surface area contributed by atoms with E-state index in [1.165, 1.54) is 6.08 Å². The minimum Gasteiger partial charge on any atom is -0.478 e. The summed E-state index contributed by atoms with van der Waals surface area (Å²) in [5, 5.41) is 9.87. The summed E-state index contributed by atoms with van der Waals surface area (Å²) in [4.78, 5) is 11.4. The smallest absolute Gasteiger partial charge is 0.336 e. The van der Waals surface area contributed by atoms with Crippen LogP contribution in [-0.4, -0.2) is 11.1 Å². The minimum atomic E-state index is -1.01. The second-order valence-corrected chi connectivity index (χ2v) is 5.50. The third kappa shape index (κ3) is 3.40. The number of rotatable bonds is 3. The van der Waals surface area contributed by atoms with Crippen LogP contribution in [0.25, 0.3) is 11.6 Å². The van der Waals surface area contributed by atoms with Gasteiger partial charge in [-0.05, 0) is 41.5 Å². The van der Waals surface area contributed by atoms with Crippen molar-refractivity contribution in [3.8, 4) is 0 Å². The van der Waals surface area contributed by atoms with E-state index < -0.39 is 5.97 Å². The van der Waals surface area contributed by atoms with Crippen LogP contribution >= 0.6 is 27.5 Å². The lowest BCUT2D eigenvalue weighted by Gasteiger charge is -2.06. The van der Waals surface area contributed by atoms with E-state index in [-0.39, 0.29) is 5.57 Å². The normalized spacial score (nSPS) is 11.4. The maximum Gasteiger partial charge on any atom is 0.336 e. The lowest BCUT2D eigenvalue weighted by molar-refractivity contribution is -0.130. The molecule has 2 aromatic carbocycles. The average molecular weight is 353 g/mol. The predicted octanol–water partition coefficient (Wildman–Crippen LogP) is 4.31. The van der Waals surface area contributed by atoms with Crippen LogP contribution in [-0.2, 0) is 4.79 Å². The van der Waals surface area contributed by atoms with Gasteiger partial charge in [0, 0.05) is 15.2 Å². The Bertz CT molecular complexity index is 681. The Kier molecular flexibility index (Phi) is 4.47. The molecule has 0 aliphatic carbocycles. The number of halogens is 2. The highest BCUT2D eigenvalue weighted by atomic mass is 79.9. The third-order valence-corrected chi connectivity index (χ3v) is 3.50. The topological polar surface area (TPSA) is 63.3 Å². The molecule has 0 fully saturated rings. The van der Waals surface area contributed by atoms with Crippen molar-refractivity contribution < 1.29 is 9.90 Å². The monoisotopic (exact) mass is 351 g/mol. The molecule has 0 saturated heterocycles. The predicted molar refractivity (Wildman–Crippen MR) is 85.5 cm³/mol. The molecule has 5 heteroatoms. The molecule has 0 atom stereocenters. The number of carboxylic acids is 1. The van der Waals surface area contributed by atoms with E-state index in [4.69, 9.17) is 17.3 Å². The summed E-state index contributed by atoms with van der Waals surface area (Å²) in [6.07, 6.45) is 1.54. The summed E-state index contributed by atoms with van der Waals surface area (Å²) in [5.41, 5.74) is 7.68. The number of anilines is 1. The Balaban J connectivity index is 2.50. The van der Waals surface area contributed by atoms with Crippen molar-refractivity contribution in [3.63, 3.8) is 0 Å². The molecule has 0 unspecified atom stereocenters. The fourth-order valence-corrected chi connectivity index (χ4v) is 2.18. The molecule has 102 valence electrons. The highest BCUT2D eigenvalue weighted by molar-refractivity contribution is 9.10. The van der Waals surface area contributed by atoms with Gasteiger partial charge in [-0.3, -0.25) is 0 Å². The lowest BCUT2D eigenvalue weighted by atomic mass is 10.0. The van der Waals surface area contributed by atoms with Gasteiger partial charge >= 0.3 is 5.97 Å². The Morgan fingerprint density at radius 2 is 1.85 bits per heavy atom. The highest BCUT2D eigenvalue weighted by Crippen LogP contribution is 2.25. The molecule has 0 heterocycles. The maximum atomic E-state index is 11.4. The molecule has 0 saturated carbocycles. The molecule has 0 amide bonds. The van der Waals surface area contributed by atoms with Gasteiger partial charge in [0.15, 0.2) is 0 Å². The first kappa shape index (κ1) is 14.6. The van der Waals surface area contributed by atoms with E-state index in [0.717, 1.165) is 4.47 Å². The van der Waals surface area contributed by atoms with Crippen LogP contribution in [0.5, 0.6) is 0 Å². The van der Waals surface area contributed by atoms with Crippen molar-refractivity contribution in [3.05, 3.63) is 63.1 Å². The molecule has 0 spiro atoms. The molecule has 0 bridgehead atoms. The number of carboxylic acid groups (broad SMARTS) is 1. The van der Waals surface area contributed by atoms with Gasteiger partial charge < -0.3 is 10.8 Å². The number of hydrogen-bond acceptors (Lipinski definition) is 2. The van der Waals surface area contributed by atoms with E-state index in [1.54, 1.807) is 42.5 Å². The van der Waals surface area contributed by atoms with Crippen LogP contribution in [0.2, 0.25) is 5.02 Å². The summed E-state index contributed by atoms with van der Waals surface area (Å²) in [6, 6.07) is 12.0. The first-order valence-electron chi connectivity index (χ1n) is 5.73. The molecule has 0 aliphatic heterocycles. The molecule has 3 N–H and O–H groups in total. The van der Waals surface area contributed by atoms with Crippen LogP contribution in [0.1, 0.15) is 11.1 Å². The molecule has 0 aromatic heterocycles. The molecule has 0 aliphatic rings. The van der Waals surface area contributed by atoms with Crippen LogP contribution in [0, 0.1) is 0 Å². The van der Waals surface area contributed by atoms with E-state index in [2.05, 4.69) is 15.9 Å². The van der Waals surface area contributed by atoms with E-state index in [0.29, 0.717) is 21.8 Å². The van der Waals surface area contributed by atoms with Crippen molar-refractivity contribution in [2.24, 2.45) is 0 Å².